The van der Waals surface area contributed by atoms with Crippen molar-refractivity contribution in [3.63, 3.8) is 0 Å². The van der Waals surface area contributed by atoms with Gasteiger partial charge in [0.05, 0.1) is 0 Å². The molecular weight excluding hydrogens is 148 g/mol. The number of nitrogens with one attached hydrogen (secondary N) is 1. The van der Waals surface area contributed by atoms with E-state index in [-0.39, 0.29) is 0 Å². The van der Waals surface area contributed by atoms with Crippen LogP contribution in [0, 0.1) is 0 Å². The van der Waals surface area contributed by atoms with Gasteiger partial charge in [-0.1, -0.05) is 12.8 Å². The molecule has 0 heterocycles. The smallest absolute Gasteiger partial charge is 0.0163 e. The standard InChI is InChI=1S/C10H22N2/c1-9(11-2)8-12(3)10-6-4-5-7-10/h9-11H,4-8H2,1-3H3. The van der Waals surface area contributed by atoms with Gasteiger partial charge in [-0.05, 0) is 33.9 Å². The molecular formula is C10H22N2. The topological polar surface area (TPSA) is 15.3 Å². The van der Waals surface area contributed by atoms with Gasteiger partial charge in [-0.2, -0.15) is 0 Å². The lowest BCUT2D eigenvalue weighted by atomic mass is 10.2. The highest BCUT2D eigenvalue weighted by Crippen LogP contribution is 2.22. The Morgan fingerprint density at radius 3 is 2.50 bits per heavy atom. The summed E-state index contributed by atoms with van der Waals surface area (Å²) in [5, 5.41) is 3.28. The first kappa shape index (κ1) is 10.0. The number of nitrogens with zero attached hydrogens (tertiary/aromatic N) is 1. The van der Waals surface area contributed by atoms with Crippen LogP contribution in [-0.2, 0) is 0 Å². The van der Waals surface area contributed by atoms with E-state index in [1.165, 1.54) is 32.2 Å². The Morgan fingerprint density at radius 1 is 1.42 bits per heavy atom. The molecule has 12 heavy (non-hydrogen) atoms. The molecule has 0 radical (unpaired) electrons. The summed E-state index contributed by atoms with van der Waals surface area (Å²) in [5.74, 6) is 0. The van der Waals surface area contributed by atoms with Crippen molar-refractivity contribution in [1.82, 2.24) is 10.2 Å². The van der Waals surface area contributed by atoms with Crippen molar-refractivity contribution in [3.8, 4) is 0 Å². The van der Waals surface area contributed by atoms with E-state index >= 15 is 0 Å². The molecule has 0 aliphatic heterocycles. The van der Waals surface area contributed by atoms with Gasteiger partial charge in [-0.3, -0.25) is 0 Å². The molecule has 0 spiro atoms. The molecule has 2 nitrogen and oxygen atoms in total. The molecule has 1 unspecified atom stereocenters. The van der Waals surface area contributed by atoms with Gasteiger partial charge in [0.25, 0.3) is 0 Å². The predicted octanol–water partition coefficient (Wildman–Crippen LogP) is 1.47. The number of likely N-dealkylation sites (N-methyl/N-ethyl adjacent to an activating group) is 2. The fourth-order valence-corrected chi connectivity index (χ4v) is 2.02. The van der Waals surface area contributed by atoms with Crippen molar-refractivity contribution < 1.29 is 0 Å². The SMILES string of the molecule is CNC(C)CN(C)C1CCCC1. The lowest BCUT2D eigenvalue weighted by molar-refractivity contribution is 0.226. The van der Waals surface area contributed by atoms with Crippen LogP contribution in [0.5, 0.6) is 0 Å². The van der Waals surface area contributed by atoms with E-state index in [0.717, 1.165) is 6.04 Å². The Labute approximate surface area is 76.3 Å². The third-order valence-electron chi connectivity index (χ3n) is 3.00. The lowest BCUT2D eigenvalue weighted by Crippen LogP contribution is -2.39. The minimum atomic E-state index is 0.621. The second-order valence-corrected chi connectivity index (χ2v) is 4.07. The Bertz CT molecular complexity index is 119. The van der Waals surface area contributed by atoms with Crippen LogP contribution in [0.25, 0.3) is 0 Å². The van der Waals surface area contributed by atoms with Gasteiger partial charge in [-0.15, -0.1) is 0 Å². The maximum atomic E-state index is 3.28. The monoisotopic (exact) mass is 170 g/mol. The van der Waals surface area contributed by atoms with Crippen LogP contribution in [0.15, 0.2) is 0 Å². The van der Waals surface area contributed by atoms with E-state index in [2.05, 4.69) is 24.2 Å². The van der Waals surface area contributed by atoms with Gasteiger partial charge in [0, 0.05) is 18.6 Å². The first-order valence-corrected chi connectivity index (χ1v) is 5.11. The molecule has 0 aromatic rings. The highest BCUT2D eigenvalue weighted by atomic mass is 15.1. The average Bonchev–Trinajstić information content (AvgIpc) is 2.56. The molecule has 1 aliphatic rings. The summed E-state index contributed by atoms with van der Waals surface area (Å²) >= 11 is 0. The maximum absolute atomic E-state index is 3.28. The van der Waals surface area contributed by atoms with E-state index in [9.17, 15) is 0 Å². The summed E-state index contributed by atoms with van der Waals surface area (Å²) in [7, 11) is 4.29. The first-order valence-electron chi connectivity index (χ1n) is 5.11. The molecule has 0 aromatic heterocycles. The third kappa shape index (κ3) is 2.76. The van der Waals surface area contributed by atoms with Crippen molar-refractivity contribution in [1.29, 1.82) is 0 Å². The lowest BCUT2D eigenvalue weighted by Gasteiger charge is -2.26. The molecule has 1 saturated carbocycles. The summed E-state index contributed by atoms with van der Waals surface area (Å²) < 4.78 is 0. The Balaban J connectivity index is 2.21. The molecule has 0 bridgehead atoms. The average molecular weight is 170 g/mol. The van der Waals surface area contributed by atoms with Crippen molar-refractivity contribution in [2.24, 2.45) is 0 Å². The molecule has 1 fully saturated rings. The zero-order chi connectivity index (χ0) is 8.97. The van der Waals surface area contributed by atoms with Crippen molar-refractivity contribution in [2.75, 3.05) is 20.6 Å². The first-order chi connectivity index (χ1) is 5.74. The van der Waals surface area contributed by atoms with Crippen LogP contribution in [0.1, 0.15) is 32.6 Å². The van der Waals surface area contributed by atoms with Crippen LogP contribution in [0.3, 0.4) is 0 Å². The van der Waals surface area contributed by atoms with Gasteiger partial charge >= 0.3 is 0 Å². The molecule has 1 aliphatic carbocycles. The number of rotatable bonds is 4. The number of hydrogen-bond acceptors (Lipinski definition) is 2. The molecule has 1 atom stereocenters. The summed E-state index contributed by atoms with van der Waals surface area (Å²) in [6.45, 7) is 3.42. The summed E-state index contributed by atoms with van der Waals surface area (Å²) in [5.41, 5.74) is 0. The van der Waals surface area contributed by atoms with E-state index in [1.807, 2.05) is 7.05 Å². The quantitative estimate of drug-likeness (QED) is 0.687. The second-order valence-electron chi connectivity index (χ2n) is 4.07. The van der Waals surface area contributed by atoms with Gasteiger partial charge in [0.2, 0.25) is 0 Å². The summed E-state index contributed by atoms with van der Waals surface area (Å²) in [6, 6.07) is 1.48. The fraction of sp³-hybridized carbons (Fsp3) is 1.00. The maximum Gasteiger partial charge on any atom is 0.0163 e. The molecule has 0 amide bonds. The van der Waals surface area contributed by atoms with E-state index < -0.39 is 0 Å². The summed E-state index contributed by atoms with van der Waals surface area (Å²) in [6.07, 6.45) is 5.69. The Kier molecular flexibility index (Phi) is 4.02. The zero-order valence-corrected chi connectivity index (χ0v) is 8.64. The van der Waals surface area contributed by atoms with Crippen molar-refractivity contribution in [3.05, 3.63) is 0 Å². The van der Waals surface area contributed by atoms with Crippen LogP contribution in [0.2, 0.25) is 0 Å². The molecule has 1 rings (SSSR count). The minimum absolute atomic E-state index is 0.621. The van der Waals surface area contributed by atoms with Gasteiger partial charge in [0.1, 0.15) is 0 Å². The van der Waals surface area contributed by atoms with Gasteiger partial charge < -0.3 is 10.2 Å². The van der Waals surface area contributed by atoms with E-state index in [4.69, 9.17) is 0 Å². The second kappa shape index (κ2) is 4.83. The van der Waals surface area contributed by atoms with Crippen LogP contribution >= 0.6 is 0 Å². The predicted molar refractivity (Wildman–Crippen MR) is 53.4 cm³/mol. The van der Waals surface area contributed by atoms with Gasteiger partial charge in [0.15, 0.2) is 0 Å². The Morgan fingerprint density at radius 2 is 2.00 bits per heavy atom. The molecule has 1 N–H and O–H groups in total. The summed E-state index contributed by atoms with van der Waals surface area (Å²) in [4.78, 5) is 2.51. The zero-order valence-electron chi connectivity index (χ0n) is 8.64. The van der Waals surface area contributed by atoms with E-state index in [0.29, 0.717) is 6.04 Å². The largest absolute Gasteiger partial charge is 0.316 e. The molecule has 0 saturated heterocycles. The van der Waals surface area contributed by atoms with Crippen LogP contribution in [0.4, 0.5) is 0 Å². The van der Waals surface area contributed by atoms with Gasteiger partial charge in [-0.25, -0.2) is 0 Å². The van der Waals surface area contributed by atoms with Crippen LogP contribution < -0.4 is 5.32 Å². The molecule has 0 aromatic carbocycles. The van der Waals surface area contributed by atoms with E-state index in [1.54, 1.807) is 0 Å². The highest BCUT2D eigenvalue weighted by molar-refractivity contribution is 4.77. The Hall–Kier alpha value is -0.0800. The van der Waals surface area contributed by atoms with Crippen molar-refractivity contribution >= 4 is 0 Å². The number of hydrogen-bond donors (Lipinski definition) is 1. The fourth-order valence-electron chi connectivity index (χ4n) is 2.02. The van der Waals surface area contributed by atoms with Crippen molar-refractivity contribution in [2.45, 2.75) is 44.7 Å². The molecule has 72 valence electrons. The highest BCUT2D eigenvalue weighted by Gasteiger charge is 2.19. The minimum Gasteiger partial charge on any atom is -0.316 e. The molecule has 2 heteroatoms. The normalized spacial score (nSPS) is 22.0. The third-order valence-corrected chi connectivity index (χ3v) is 3.00. The van der Waals surface area contributed by atoms with Crippen LogP contribution in [-0.4, -0.2) is 37.6 Å².